The molecule has 1 aliphatic rings. The van der Waals surface area contributed by atoms with Crippen molar-refractivity contribution in [1.29, 1.82) is 0 Å². The van der Waals surface area contributed by atoms with Crippen molar-refractivity contribution in [1.82, 2.24) is 30.0 Å². The van der Waals surface area contributed by atoms with E-state index in [1.165, 1.54) is 0 Å². The molecule has 0 bridgehead atoms. The maximum Gasteiger partial charge on any atom is 0.226 e. The summed E-state index contributed by atoms with van der Waals surface area (Å²) in [4.78, 5) is 16.3. The molecule has 0 spiro atoms. The number of hydrogen-bond acceptors (Lipinski definition) is 7. The summed E-state index contributed by atoms with van der Waals surface area (Å²) < 4.78 is 1.73. The average Bonchev–Trinajstić information content (AvgIpc) is 3.30. The summed E-state index contributed by atoms with van der Waals surface area (Å²) in [5.74, 6) is 0.893. The first-order valence-electron chi connectivity index (χ1n) is 10.6. The van der Waals surface area contributed by atoms with E-state index >= 15 is 0 Å². The van der Waals surface area contributed by atoms with Crippen molar-refractivity contribution in [3.05, 3.63) is 36.7 Å². The molecule has 1 atom stereocenters. The molecule has 1 unspecified atom stereocenters. The fourth-order valence-corrected chi connectivity index (χ4v) is 4.28. The largest absolute Gasteiger partial charge is 0.507 e. The Balaban J connectivity index is 1.43. The maximum atomic E-state index is 10.5. The van der Waals surface area contributed by atoms with Crippen molar-refractivity contribution in [3.63, 3.8) is 0 Å². The van der Waals surface area contributed by atoms with E-state index < -0.39 is 0 Å². The van der Waals surface area contributed by atoms with E-state index in [2.05, 4.69) is 41.1 Å². The van der Waals surface area contributed by atoms with Crippen LogP contribution in [0, 0.1) is 0 Å². The summed E-state index contributed by atoms with van der Waals surface area (Å²) in [7, 11) is 1.86. The predicted octanol–water partition coefficient (Wildman–Crippen LogP) is 3.25. The zero-order valence-electron chi connectivity index (χ0n) is 18.3. The highest BCUT2D eigenvalue weighted by Crippen LogP contribution is 2.32. The molecule has 5 rings (SSSR count). The first kappa shape index (κ1) is 19.7. The van der Waals surface area contributed by atoms with Crippen LogP contribution in [0.15, 0.2) is 36.7 Å². The van der Waals surface area contributed by atoms with E-state index in [0.717, 1.165) is 41.9 Å². The van der Waals surface area contributed by atoms with Crippen LogP contribution in [0.1, 0.15) is 27.2 Å². The van der Waals surface area contributed by atoms with Crippen LogP contribution < -0.4 is 10.2 Å². The standard InChI is InChI=1S/C23H27N7O/c1-23(2,3)27-15-7-8-30(13-15)22-24-11-20-18(26-22)6-5-17(25-20)16-9-14-12-29(4)28-19(14)10-21(16)31/h5-6,9-12,15,27,31H,7-8,13H2,1-4H3. The number of benzene rings is 1. The average molecular weight is 418 g/mol. The van der Waals surface area contributed by atoms with Gasteiger partial charge < -0.3 is 15.3 Å². The molecule has 1 fully saturated rings. The summed E-state index contributed by atoms with van der Waals surface area (Å²) >= 11 is 0. The van der Waals surface area contributed by atoms with Gasteiger partial charge in [0.2, 0.25) is 5.95 Å². The molecule has 4 aromatic rings. The van der Waals surface area contributed by atoms with Crippen LogP contribution in [0.5, 0.6) is 5.75 Å². The van der Waals surface area contributed by atoms with Gasteiger partial charge in [0.1, 0.15) is 11.3 Å². The Bertz CT molecular complexity index is 1270. The first-order valence-corrected chi connectivity index (χ1v) is 10.6. The second-order valence-corrected chi connectivity index (χ2v) is 9.33. The van der Waals surface area contributed by atoms with Gasteiger partial charge in [-0.25, -0.2) is 15.0 Å². The van der Waals surface area contributed by atoms with Gasteiger partial charge in [0.25, 0.3) is 0 Å². The molecular weight excluding hydrogens is 390 g/mol. The highest BCUT2D eigenvalue weighted by atomic mass is 16.3. The predicted molar refractivity (Wildman–Crippen MR) is 122 cm³/mol. The number of phenolic OH excluding ortho intramolecular Hbond substituents is 1. The van der Waals surface area contributed by atoms with Gasteiger partial charge in [0.05, 0.1) is 22.9 Å². The quantitative estimate of drug-likeness (QED) is 0.529. The number of aromatic nitrogens is 5. The van der Waals surface area contributed by atoms with Crippen molar-refractivity contribution in [3.8, 4) is 17.0 Å². The SMILES string of the molecule is Cn1cc2cc(-c3ccc4nc(N5CCC(NC(C)(C)C)C5)ncc4n3)c(O)cc2n1. The van der Waals surface area contributed by atoms with E-state index in [1.54, 1.807) is 16.9 Å². The molecule has 0 radical (unpaired) electrons. The number of hydrogen-bond donors (Lipinski definition) is 2. The highest BCUT2D eigenvalue weighted by Gasteiger charge is 2.27. The second-order valence-electron chi connectivity index (χ2n) is 9.33. The molecule has 8 heteroatoms. The molecule has 1 aliphatic heterocycles. The van der Waals surface area contributed by atoms with Crippen molar-refractivity contribution in [2.45, 2.75) is 38.8 Å². The lowest BCUT2D eigenvalue weighted by molar-refractivity contribution is 0.373. The van der Waals surface area contributed by atoms with Crippen molar-refractivity contribution in [2.75, 3.05) is 18.0 Å². The normalized spacial score (nSPS) is 17.2. The van der Waals surface area contributed by atoms with Crippen molar-refractivity contribution < 1.29 is 5.11 Å². The van der Waals surface area contributed by atoms with Gasteiger partial charge in [0.15, 0.2) is 0 Å². The molecule has 0 amide bonds. The van der Waals surface area contributed by atoms with Crippen molar-refractivity contribution in [2.24, 2.45) is 7.05 Å². The molecule has 1 aromatic carbocycles. The number of phenols is 1. The number of anilines is 1. The Morgan fingerprint density at radius 3 is 2.74 bits per heavy atom. The summed E-state index contributed by atoms with van der Waals surface area (Å²) in [5, 5.41) is 19.5. The molecule has 2 N–H and O–H groups in total. The van der Waals surface area contributed by atoms with E-state index in [1.807, 2.05) is 31.4 Å². The molecule has 3 aromatic heterocycles. The van der Waals surface area contributed by atoms with E-state index in [0.29, 0.717) is 22.8 Å². The van der Waals surface area contributed by atoms with Gasteiger partial charge in [-0.1, -0.05) is 0 Å². The molecule has 160 valence electrons. The molecule has 4 heterocycles. The third kappa shape index (κ3) is 3.90. The summed E-state index contributed by atoms with van der Waals surface area (Å²) in [6.07, 6.45) is 4.77. The summed E-state index contributed by atoms with van der Waals surface area (Å²) in [5.41, 5.74) is 3.70. The lowest BCUT2D eigenvalue weighted by Crippen LogP contribution is -2.45. The number of pyridine rings is 1. The van der Waals surface area contributed by atoms with Crippen LogP contribution in [0.4, 0.5) is 5.95 Å². The fraction of sp³-hybridized carbons (Fsp3) is 0.391. The van der Waals surface area contributed by atoms with Gasteiger partial charge in [-0.15, -0.1) is 0 Å². The van der Waals surface area contributed by atoms with Crippen LogP contribution in [0.25, 0.3) is 33.2 Å². The van der Waals surface area contributed by atoms with E-state index in [4.69, 9.17) is 9.97 Å². The molecule has 8 nitrogen and oxygen atoms in total. The third-order valence-corrected chi connectivity index (χ3v) is 5.55. The monoisotopic (exact) mass is 417 g/mol. The van der Waals surface area contributed by atoms with Gasteiger partial charge >= 0.3 is 0 Å². The number of nitrogens with one attached hydrogen (secondary N) is 1. The highest BCUT2D eigenvalue weighted by molar-refractivity contribution is 5.88. The minimum Gasteiger partial charge on any atom is -0.507 e. The number of aryl methyl sites for hydroxylation is 1. The Hall–Kier alpha value is -3.26. The minimum atomic E-state index is 0.0929. The van der Waals surface area contributed by atoms with Crippen LogP contribution in [-0.2, 0) is 7.05 Å². The Morgan fingerprint density at radius 2 is 1.94 bits per heavy atom. The molecular formula is C23H27N7O. The van der Waals surface area contributed by atoms with Crippen LogP contribution in [0.3, 0.4) is 0 Å². The van der Waals surface area contributed by atoms with Crippen molar-refractivity contribution >= 4 is 27.9 Å². The zero-order valence-corrected chi connectivity index (χ0v) is 18.3. The van der Waals surface area contributed by atoms with Gasteiger partial charge in [0, 0.05) is 54.9 Å². The van der Waals surface area contributed by atoms with Gasteiger partial charge in [-0.05, 0) is 45.4 Å². The molecule has 0 saturated carbocycles. The summed E-state index contributed by atoms with van der Waals surface area (Å²) in [6.45, 7) is 8.40. The maximum absolute atomic E-state index is 10.5. The first-order chi connectivity index (χ1) is 14.7. The van der Waals surface area contributed by atoms with Crippen LogP contribution in [0.2, 0.25) is 0 Å². The van der Waals surface area contributed by atoms with E-state index in [-0.39, 0.29) is 11.3 Å². The smallest absolute Gasteiger partial charge is 0.226 e. The Labute approximate surface area is 181 Å². The molecule has 0 aliphatic carbocycles. The number of nitrogens with zero attached hydrogens (tertiary/aromatic N) is 6. The Kier molecular flexibility index (Phi) is 4.55. The minimum absolute atomic E-state index is 0.0929. The summed E-state index contributed by atoms with van der Waals surface area (Å²) in [6, 6.07) is 7.85. The molecule has 1 saturated heterocycles. The van der Waals surface area contributed by atoms with E-state index in [9.17, 15) is 5.11 Å². The molecule has 31 heavy (non-hydrogen) atoms. The van der Waals surface area contributed by atoms with Crippen LogP contribution >= 0.6 is 0 Å². The second kappa shape index (κ2) is 7.16. The zero-order chi connectivity index (χ0) is 21.8. The van der Waals surface area contributed by atoms with Gasteiger partial charge in [-0.2, -0.15) is 5.10 Å². The Morgan fingerprint density at radius 1 is 1.10 bits per heavy atom. The van der Waals surface area contributed by atoms with Gasteiger partial charge in [-0.3, -0.25) is 4.68 Å². The number of aromatic hydroxyl groups is 1. The fourth-order valence-electron chi connectivity index (χ4n) is 4.28. The lowest BCUT2D eigenvalue weighted by atomic mass is 10.1. The topological polar surface area (TPSA) is 92.0 Å². The number of fused-ring (bicyclic) bond motifs is 2. The van der Waals surface area contributed by atoms with Crippen LogP contribution in [-0.4, -0.2) is 54.5 Å². The number of rotatable bonds is 3. The third-order valence-electron chi connectivity index (χ3n) is 5.55. The lowest BCUT2D eigenvalue weighted by Gasteiger charge is -2.26.